The van der Waals surface area contributed by atoms with E-state index >= 15 is 0 Å². The van der Waals surface area contributed by atoms with E-state index in [1.165, 1.54) is 25.8 Å². The van der Waals surface area contributed by atoms with Crippen LogP contribution in [0.25, 0.3) is 0 Å². The third-order valence-corrected chi connectivity index (χ3v) is 4.12. The van der Waals surface area contributed by atoms with Gasteiger partial charge in [0.15, 0.2) is 0 Å². The third-order valence-electron chi connectivity index (χ3n) is 4.12. The van der Waals surface area contributed by atoms with Crippen molar-refractivity contribution in [2.75, 3.05) is 19.6 Å². The molecule has 2 heterocycles. The highest BCUT2D eigenvalue weighted by Crippen LogP contribution is 2.37. The molecule has 0 aliphatic carbocycles. The Labute approximate surface area is 97.6 Å². The Morgan fingerprint density at radius 2 is 2.31 bits per heavy atom. The zero-order chi connectivity index (χ0) is 11.6. The van der Waals surface area contributed by atoms with Gasteiger partial charge in [0.1, 0.15) is 0 Å². The first-order valence-electron chi connectivity index (χ1n) is 6.45. The van der Waals surface area contributed by atoms with Crippen molar-refractivity contribution in [1.82, 2.24) is 10.2 Å². The van der Waals surface area contributed by atoms with Gasteiger partial charge in [0.05, 0.1) is 0 Å². The maximum atomic E-state index is 11.3. The van der Waals surface area contributed by atoms with E-state index in [1.807, 2.05) is 0 Å². The molecule has 92 valence electrons. The van der Waals surface area contributed by atoms with E-state index in [2.05, 4.69) is 17.1 Å². The molecule has 4 heteroatoms. The monoisotopic (exact) mass is 225 g/mol. The fourth-order valence-electron chi connectivity index (χ4n) is 3.53. The molecule has 2 atom stereocenters. The minimum absolute atomic E-state index is 0.0407. The summed E-state index contributed by atoms with van der Waals surface area (Å²) in [5, 5.41) is 3.55. The standard InChI is InChI=1S/C12H23N3O/c1-2-14-12(9-11(13)16)6-8-15-7-4-3-5-10(12)15/h10,14H,2-9H2,1H3,(H2,13,16). The van der Waals surface area contributed by atoms with Crippen molar-refractivity contribution in [2.24, 2.45) is 5.73 Å². The quantitative estimate of drug-likeness (QED) is 0.731. The summed E-state index contributed by atoms with van der Waals surface area (Å²) in [4.78, 5) is 13.8. The molecule has 2 rings (SSSR count). The highest BCUT2D eigenvalue weighted by Gasteiger charge is 2.47. The van der Waals surface area contributed by atoms with Gasteiger partial charge in [-0.15, -0.1) is 0 Å². The van der Waals surface area contributed by atoms with E-state index in [9.17, 15) is 4.79 Å². The number of piperidine rings is 1. The van der Waals surface area contributed by atoms with Crippen molar-refractivity contribution in [3.05, 3.63) is 0 Å². The number of likely N-dealkylation sites (N-methyl/N-ethyl adjacent to an activating group) is 1. The predicted molar refractivity (Wildman–Crippen MR) is 64.0 cm³/mol. The van der Waals surface area contributed by atoms with Crippen molar-refractivity contribution < 1.29 is 4.79 Å². The van der Waals surface area contributed by atoms with Crippen LogP contribution in [0, 0.1) is 0 Å². The summed E-state index contributed by atoms with van der Waals surface area (Å²) in [6.07, 6.45) is 5.35. The first kappa shape index (κ1) is 11.9. The highest BCUT2D eigenvalue weighted by atomic mass is 16.1. The van der Waals surface area contributed by atoms with E-state index < -0.39 is 0 Å². The molecule has 16 heavy (non-hydrogen) atoms. The van der Waals surface area contributed by atoms with Crippen molar-refractivity contribution >= 4 is 5.91 Å². The predicted octanol–water partition coefficient (Wildman–Crippen LogP) is 0.468. The van der Waals surface area contributed by atoms with Crippen LogP contribution in [0.1, 0.15) is 39.0 Å². The van der Waals surface area contributed by atoms with Gasteiger partial charge < -0.3 is 11.1 Å². The fourth-order valence-corrected chi connectivity index (χ4v) is 3.53. The summed E-state index contributed by atoms with van der Waals surface area (Å²) in [5.41, 5.74) is 5.37. The van der Waals surface area contributed by atoms with E-state index in [-0.39, 0.29) is 11.4 Å². The molecule has 0 bridgehead atoms. The number of nitrogens with one attached hydrogen (secondary N) is 1. The summed E-state index contributed by atoms with van der Waals surface area (Å²) in [7, 11) is 0. The van der Waals surface area contributed by atoms with Gasteiger partial charge in [-0.25, -0.2) is 0 Å². The molecule has 2 aliphatic rings. The number of amides is 1. The van der Waals surface area contributed by atoms with Gasteiger partial charge in [0.2, 0.25) is 5.91 Å². The van der Waals surface area contributed by atoms with Gasteiger partial charge in [0.25, 0.3) is 0 Å². The Hall–Kier alpha value is -0.610. The summed E-state index contributed by atoms with van der Waals surface area (Å²) in [5.74, 6) is -0.173. The van der Waals surface area contributed by atoms with E-state index in [0.717, 1.165) is 19.5 Å². The molecule has 4 nitrogen and oxygen atoms in total. The number of fused-ring (bicyclic) bond motifs is 1. The average molecular weight is 225 g/mol. The van der Waals surface area contributed by atoms with Crippen LogP contribution in [0.3, 0.4) is 0 Å². The molecule has 0 aromatic rings. The first-order chi connectivity index (χ1) is 7.68. The Kier molecular flexibility index (Phi) is 3.50. The van der Waals surface area contributed by atoms with Crippen LogP contribution >= 0.6 is 0 Å². The number of primary amides is 1. The van der Waals surface area contributed by atoms with Crippen molar-refractivity contribution in [1.29, 1.82) is 0 Å². The van der Waals surface area contributed by atoms with Crippen LogP contribution in [0.5, 0.6) is 0 Å². The lowest BCUT2D eigenvalue weighted by molar-refractivity contribution is -0.119. The van der Waals surface area contributed by atoms with Gasteiger partial charge >= 0.3 is 0 Å². The molecular weight excluding hydrogens is 202 g/mol. The highest BCUT2D eigenvalue weighted by molar-refractivity contribution is 5.75. The summed E-state index contributed by atoms with van der Waals surface area (Å²) < 4.78 is 0. The second-order valence-electron chi connectivity index (χ2n) is 5.13. The van der Waals surface area contributed by atoms with Crippen LogP contribution in [-0.2, 0) is 4.79 Å². The van der Waals surface area contributed by atoms with Gasteiger partial charge in [-0.3, -0.25) is 9.69 Å². The normalized spacial score (nSPS) is 34.9. The molecule has 0 aromatic heterocycles. The molecule has 0 spiro atoms. The molecule has 0 aromatic carbocycles. The van der Waals surface area contributed by atoms with Crippen LogP contribution in [-0.4, -0.2) is 42.0 Å². The SMILES string of the molecule is CCNC1(CC(N)=O)CCN2CCCCC21. The maximum Gasteiger partial charge on any atom is 0.219 e. The molecular formula is C12H23N3O. The van der Waals surface area contributed by atoms with Crippen molar-refractivity contribution in [2.45, 2.75) is 50.6 Å². The lowest BCUT2D eigenvalue weighted by Gasteiger charge is -2.40. The summed E-state index contributed by atoms with van der Waals surface area (Å²) in [6, 6.07) is 0.522. The lowest BCUT2D eigenvalue weighted by Crippen LogP contribution is -2.57. The molecule has 2 fully saturated rings. The number of nitrogens with two attached hydrogens (primary N) is 1. The molecule has 2 saturated heterocycles. The minimum atomic E-state index is -0.173. The minimum Gasteiger partial charge on any atom is -0.370 e. The van der Waals surface area contributed by atoms with E-state index in [4.69, 9.17) is 5.73 Å². The number of carbonyl (C=O) groups is 1. The lowest BCUT2D eigenvalue weighted by atomic mass is 9.82. The molecule has 2 unspecified atom stereocenters. The number of hydrogen-bond acceptors (Lipinski definition) is 3. The van der Waals surface area contributed by atoms with Gasteiger partial charge in [-0.2, -0.15) is 0 Å². The zero-order valence-corrected chi connectivity index (χ0v) is 10.2. The number of rotatable bonds is 4. The van der Waals surface area contributed by atoms with Gasteiger partial charge in [-0.1, -0.05) is 13.3 Å². The van der Waals surface area contributed by atoms with Crippen molar-refractivity contribution in [3.63, 3.8) is 0 Å². The van der Waals surface area contributed by atoms with Crippen LogP contribution in [0.15, 0.2) is 0 Å². The van der Waals surface area contributed by atoms with Gasteiger partial charge in [0, 0.05) is 24.5 Å². The van der Waals surface area contributed by atoms with E-state index in [1.54, 1.807) is 0 Å². The smallest absolute Gasteiger partial charge is 0.219 e. The number of hydrogen-bond donors (Lipinski definition) is 2. The zero-order valence-electron chi connectivity index (χ0n) is 10.2. The van der Waals surface area contributed by atoms with E-state index in [0.29, 0.717) is 12.5 Å². The third kappa shape index (κ3) is 2.09. The number of carbonyl (C=O) groups excluding carboxylic acids is 1. The Morgan fingerprint density at radius 1 is 1.50 bits per heavy atom. The van der Waals surface area contributed by atoms with Gasteiger partial charge in [-0.05, 0) is 32.4 Å². The molecule has 3 N–H and O–H groups in total. The second kappa shape index (κ2) is 4.72. The molecule has 2 aliphatic heterocycles. The fraction of sp³-hybridized carbons (Fsp3) is 0.917. The molecule has 0 radical (unpaired) electrons. The Morgan fingerprint density at radius 3 is 3.00 bits per heavy atom. The van der Waals surface area contributed by atoms with Crippen LogP contribution < -0.4 is 11.1 Å². The molecule has 0 saturated carbocycles. The Bertz CT molecular complexity index is 269. The second-order valence-corrected chi connectivity index (χ2v) is 5.13. The topological polar surface area (TPSA) is 58.4 Å². The average Bonchev–Trinajstić information content (AvgIpc) is 2.58. The number of nitrogens with zero attached hydrogens (tertiary/aromatic N) is 1. The first-order valence-corrected chi connectivity index (χ1v) is 6.45. The van der Waals surface area contributed by atoms with Crippen LogP contribution in [0.2, 0.25) is 0 Å². The molecule has 1 amide bonds. The summed E-state index contributed by atoms with van der Waals surface area (Å²) in [6.45, 7) is 5.33. The van der Waals surface area contributed by atoms with Crippen LogP contribution in [0.4, 0.5) is 0 Å². The Balaban J connectivity index is 2.14. The largest absolute Gasteiger partial charge is 0.370 e. The van der Waals surface area contributed by atoms with Crippen molar-refractivity contribution in [3.8, 4) is 0 Å². The summed E-state index contributed by atoms with van der Waals surface area (Å²) >= 11 is 0. The maximum absolute atomic E-state index is 11.3.